The first-order chi connectivity index (χ1) is 11.2. The second kappa shape index (κ2) is 7.42. The average Bonchev–Trinajstić information content (AvgIpc) is 2.58. The molecular formula is C20H25N3. The van der Waals surface area contributed by atoms with Crippen LogP contribution in [0.3, 0.4) is 0 Å². The normalized spacial score (nSPS) is 16.2. The van der Waals surface area contributed by atoms with Crippen molar-refractivity contribution in [2.75, 3.05) is 26.2 Å². The van der Waals surface area contributed by atoms with Gasteiger partial charge in [0.15, 0.2) is 0 Å². The summed E-state index contributed by atoms with van der Waals surface area (Å²) >= 11 is 0. The number of hydrogen-bond acceptors (Lipinski definition) is 3. The smallest absolute Gasteiger partial charge is 0.0545 e. The van der Waals surface area contributed by atoms with Crippen LogP contribution in [0.25, 0.3) is 0 Å². The molecule has 23 heavy (non-hydrogen) atoms. The number of hydrazone groups is 1. The molecule has 0 spiro atoms. The summed E-state index contributed by atoms with van der Waals surface area (Å²) < 4.78 is 0. The lowest BCUT2D eigenvalue weighted by atomic mass is 10.1. The Kier molecular flexibility index (Phi) is 5.09. The van der Waals surface area contributed by atoms with E-state index in [9.17, 15) is 0 Å². The minimum atomic E-state index is 0.994. The number of hydrogen-bond donors (Lipinski definition) is 0. The number of piperazine rings is 1. The summed E-state index contributed by atoms with van der Waals surface area (Å²) in [6, 6.07) is 17.2. The molecule has 0 atom stereocenters. The molecule has 0 radical (unpaired) electrons. The van der Waals surface area contributed by atoms with Gasteiger partial charge in [-0.25, -0.2) is 0 Å². The van der Waals surface area contributed by atoms with Crippen molar-refractivity contribution in [2.24, 2.45) is 5.10 Å². The predicted octanol–water partition coefficient (Wildman–Crippen LogP) is 3.46. The number of nitrogens with zero attached hydrogens (tertiary/aromatic N) is 3. The fourth-order valence-corrected chi connectivity index (χ4v) is 2.84. The Bertz CT molecular complexity index is 653. The van der Waals surface area contributed by atoms with Crippen LogP contribution < -0.4 is 0 Å². The van der Waals surface area contributed by atoms with Gasteiger partial charge in [-0.05, 0) is 30.5 Å². The van der Waals surface area contributed by atoms with Crippen LogP contribution in [-0.4, -0.2) is 42.3 Å². The first-order valence-corrected chi connectivity index (χ1v) is 8.33. The Balaban J connectivity index is 1.50. The molecule has 0 amide bonds. The molecule has 1 aliphatic heterocycles. The molecule has 3 heteroatoms. The van der Waals surface area contributed by atoms with Gasteiger partial charge in [-0.2, -0.15) is 5.10 Å². The average molecular weight is 307 g/mol. The van der Waals surface area contributed by atoms with E-state index in [4.69, 9.17) is 0 Å². The van der Waals surface area contributed by atoms with Gasteiger partial charge >= 0.3 is 0 Å². The lowest BCUT2D eigenvalue weighted by Gasteiger charge is -2.33. The van der Waals surface area contributed by atoms with Crippen molar-refractivity contribution in [2.45, 2.75) is 20.4 Å². The molecular weight excluding hydrogens is 282 g/mol. The predicted molar refractivity (Wildman–Crippen MR) is 96.8 cm³/mol. The van der Waals surface area contributed by atoms with Gasteiger partial charge in [-0.15, -0.1) is 0 Å². The number of aryl methyl sites for hydroxylation is 2. The molecule has 3 rings (SSSR count). The van der Waals surface area contributed by atoms with Crippen molar-refractivity contribution < 1.29 is 0 Å². The standard InChI is InChI=1S/C20H25N3/c1-17-7-9-19(10-8-17)16-22-11-13-23(14-12-22)21-15-20-6-4-3-5-18(20)2/h3-10,15H,11-14,16H2,1-2H3/b21-15-. The first-order valence-electron chi connectivity index (χ1n) is 8.33. The SMILES string of the molecule is Cc1ccc(CN2CCN(/N=C\c3ccccc3C)CC2)cc1. The van der Waals surface area contributed by atoms with Crippen LogP contribution >= 0.6 is 0 Å². The Morgan fingerprint density at radius 2 is 1.61 bits per heavy atom. The third-order valence-corrected chi connectivity index (χ3v) is 4.42. The Morgan fingerprint density at radius 1 is 0.913 bits per heavy atom. The number of benzene rings is 2. The first kappa shape index (κ1) is 15.8. The van der Waals surface area contributed by atoms with Crippen LogP contribution in [-0.2, 0) is 6.54 Å². The molecule has 120 valence electrons. The summed E-state index contributed by atoms with van der Waals surface area (Å²) in [7, 11) is 0. The molecule has 1 aliphatic rings. The van der Waals surface area contributed by atoms with E-state index in [2.05, 4.69) is 77.4 Å². The highest BCUT2D eigenvalue weighted by molar-refractivity contribution is 5.81. The van der Waals surface area contributed by atoms with Crippen LogP contribution in [0, 0.1) is 13.8 Å². The molecule has 1 heterocycles. The Hall–Kier alpha value is -2.13. The maximum absolute atomic E-state index is 4.65. The third kappa shape index (κ3) is 4.42. The lowest BCUT2D eigenvalue weighted by molar-refractivity contribution is 0.131. The summed E-state index contributed by atoms with van der Waals surface area (Å²) in [6.07, 6.45) is 1.99. The summed E-state index contributed by atoms with van der Waals surface area (Å²) in [6.45, 7) is 9.42. The minimum Gasteiger partial charge on any atom is -0.295 e. The quantitative estimate of drug-likeness (QED) is 0.806. The van der Waals surface area contributed by atoms with Crippen LogP contribution in [0.15, 0.2) is 53.6 Å². The highest BCUT2D eigenvalue weighted by Crippen LogP contribution is 2.10. The van der Waals surface area contributed by atoms with Crippen molar-refractivity contribution >= 4 is 6.21 Å². The maximum Gasteiger partial charge on any atom is 0.0545 e. The topological polar surface area (TPSA) is 18.8 Å². The Morgan fingerprint density at radius 3 is 2.30 bits per heavy atom. The monoisotopic (exact) mass is 307 g/mol. The second-order valence-corrected chi connectivity index (χ2v) is 6.32. The van der Waals surface area contributed by atoms with E-state index < -0.39 is 0 Å². The second-order valence-electron chi connectivity index (χ2n) is 6.32. The third-order valence-electron chi connectivity index (χ3n) is 4.42. The van der Waals surface area contributed by atoms with Gasteiger partial charge in [0.1, 0.15) is 0 Å². The fraction of sp³-hybridized carbons (Fsp3) is 0.350. The van der Waals surface area contributed by atoms with Gasteiger partial charge in [-0.3, -0.25) is 9.91 Å². The van der Waals surface area contributed by atoms with Gasteiger partial charge < -0.3 is 0 Å². The molecule has 2 aromatic rings. The molecule has 3 nitrogen and oxygen atoms in total. The van der Waals surface area contributed by atoms with E-state index in [0.717, 1.165) is 32.7 Å². The zero-order valence-corrected chi connectivity index (χ0v) is 14.1. The summed E-state index contributed by atoms with van der Waals surface area (Å²) in [5.41, 5.74) is 5.19. The molecule has 2 aromatic carbocycles. The molecule has 0 aromatic heterocycles. The molecule has 0 unspecified atom stereocenters. The van der Waals surface area contributed by atoms with Crippen molar-refractivity contribution in [3.05, 3.63) is 70.8 Å². The molecule has 0 saturated carbocycles. The van der Waals surface area contributed by atoms with E-state index in [-0.39, 0.29) is 0 Å². The molecule has 0 N–H and O–H groups in total. The largest absolute Gasteiger partial charge is 0.295 e. The van der Waals surface area contributed by atoms with Crippen LogP contribution in [0.5, 0.6) is 0 Å². The molecule has 1 fully saturated rings. The fourth-order valence-electron chi connectivity index (χ4n) is 2.84. The van der Waals surface area contributed by atoms with Gasteiger partial charge in [0.25, 0.3) is 0 Å². The van der Waals surface area contributed by atoms with E-state index >= 15 is 0 Å². The molecule has 0 bridgehead atoms. The van der Waals surface area contributed by atoms with Gasteiger partial charge in [-0.1, -0.05) is 54.1 Å². The maximum atomic E-state index is 4.65. The van der Waals surface area contributed by atoms with Gasteiger partial charge in [0.2, 0.25) is 0 Å². The van der Waals surface area contributed by atoms with E-state index in [1.54, 1.807) is 0 Å². The van der Waals surface area contributed by atoms with Crippen LogP contribution in [0.4, 0.5) is 0 Å². The molecule has 0 aliphatic carbocycles. The van der Waals surface area contributed by atoms with Crippen molar-refractivity contribution in [1.82, 2.24) is 9.91 Å². The van der Waals surface area contributed by atoms with Crippen LogP contribution in [0.2, 0.25) is 0 Å². The van der Waals surface area contributed by atoms with Gasteiger partial charge in [0.05, 0.1) is 6.21 Å². The van der Waals surface area contributed by atoms with E-state index in [1.807, 2.05) is 6.21 Å². The molecule has 1 saturated heterocycles. The highest BCUT2D eigenvalue weighted by Gasteiger charge is 2.15. The zero-order valence-electron chi connectivity index (χ0n) is 14.1. The van der Waals surface area contributed by atoms with Crippen molar-refractivity contribution in [1.29, 1.82) is 0 Å². The van der Waals surface area contributed by atoms with Gasteiger partial charge in [0, 0.05) is 32.7 Å². The van der Waals surface area contributed by atoms with Crippen LogP contribution in [0.1, 0.15) is 22.3 Å². The Labute approximate surface area is 139 Å². The number of rotatable bonds is 4. The minimum absolute atomic E-state index is 0.994. The van der Waals surface area contributed by atoms with Crippen molar-refractivity contribution in [3.8, 4) is 0 Å². The zero-order chi connectivity index (χ0) is 16.1. The van der Waals surface area contributed by atoms with Crippen molar-refractivity contribution in [3.63, 3.8) is 0 Å². The summed E-state index contributed by atoms with van der Waals surface area (Å²) in [5.74, 6) is 0. The summed E-state index contributed by atoms with van der Waals surface area (Å²) in [5, 5.41) is 6.83. The highest BCUT2D eigenvalue weighted by atomic mass is 15.5. The summed E-state index contributed by atoms with van der Waals surface area (Å²) in [4.78, 5) is 2.50. The van der Waals surface area contributed by atoms with E-state index in [0.29, 0.717) is 0 Å². The lowest BCUT2D eigenvalue weighted by Crippen LogP contribution is -2.43. The van der Waals surface area contributed by atoms with E-state index in [1.165, 1.54) is 22.3 Å².